The van der Waals surface area contributed by atoms with Crippen LogP contribution in [0.4, 0.5) is 4.39 Å². The van der Waals surface area contributed by atoms with Crippen molar-refractivity contribution in [2.45, 2.75) is 63.3 Å². The maximum absolute atomic E-state index is 13.8. The number of aromatic nitrogens is 2. The molecule has 2 heterocycles. The Morgan fingerprint density at radius 1 is 1.10 bits per heavy atom. The number of nitrogens with one attached hydrogen (secondary N) is 1. The highest BCUT2D eigenvalue weighted by Crippen LogP contribution is 2.47. The van der Waals surface area contributed by atoms with E-state index in [1.165, 1.54) is 11.6 Å². The molecule has 2 saturated carbocycles. The number of rotatable bonds is 5. The molecule has 0 aliphatic heterocycles. The number of hydrogen-bond acceptors (Lipinski definition) is 3. The van der Waals surface area contributed by atoms with E-state index in [2.05, 4.69) is 21.4 Å². The molecule has 0 unspecified atom stereocenters. The monoisotopic (exact) mass is 417 g/mol. The lowest BCUT2D eigenvalue weighted by Crippen LogP contribution is -2.38. The zero-order valence-corrected chi connectivity index (χ0v) is 17.9. The molecule has 5 rings (SSSR count). The smallest absolute Gasteiger partial charge is 0.253 e. The standard InChI is InChI=1S/C26H28FN3O/c1-17-2-5-20(16-29-17)25(31)30-26(11-12-26)15-18-3-6-19(7-4-18)22-10-13-28-24-9-8-21(27)14-23(22)24/h2,5,8-10,13-14,16,18-19H,3-4,6-7,11-12,15H2,1H3,(H,30,31). The molecule has 31 heavy (non-hydrogen) atoms. The highest BCUT2D eigenvalue weighted by molar-refractivity contribution is 5.94. The zero-order chi connectivity index (χ0) is 21.4. The van der Waals surface area contributed by atoms with Crippen LogP contribution in [-0.4, -0.2) is 21.4 Å². The van der Waals surface area contributed by atoms with Crippen LogP contribution in [0, 0.1) is 18.7 Å². The summed E-state index contributed by atoms with van der Waals surface area (Å²) < 4.78 is 13.8. The summed E-state index contributed by atoms with van der Waals surface area (Å²) in [6.45, 7) is 1.92. The van der Waals surface area contributed by atoms with Crippen LogP contribution in [0.5, 0.6) is 0 Å². The Balaban J connectivity index is 1.21. The van der Waals surface area contributed by atoms with E-state index < -0.39 is 0 Å². The van der Waals surface area contributed by atoms with Crippen LogP contribution in [0.15, 0.2) is 48.8 Å². The summed E-state index contributed by atoms with van der Waals surface area (Å²) in [4.78, 5) is 21.3. The van der Waals surface area contributed by atoms with Crippen molar-refractivity contribution in [1.82, 2.24) is 15.3 Å². The Hall–Kier alpha value is -2.82. The van der Waals surface area contributed by atoms with Crippen molar-refractivity contribution >= 4 is 16.8 Å². The molecule has 4 nitrogen and oxygen atoms in total. The minimum absolute atomic E-state index is 0.0102. The quantitative estimate of drug-likeness (QED) is 0.579. The first-order valence-electron chi connectivity index (χ1n) is 11.3. The van der Waals surface area contributed by atoms with Crippen LogP contribution in [0.2, 0.25) is 0 Å². The number of fused-ring (bicyclic) bond motifs is 1. The van der Waals surface area contributed by atoms with E-state index in [4.69, 9.17) is 0 Å². The van der Waals surface area contributed by atoms with Gasteiger partial charge in [0.05, 0.1) is 11.1 Å². The average molecular weight is 418 g/mol. The number of hydrogen-bond donors (Lipinski definition) is 1. The van der Waals surface area contributed by atoms with Gasteiger partial charge in [-0.05, 0) is 106 Å². The summed E-state index contributed by atoms with van der Waals surface area (Å²) in [7, 11) is 0. The largest absolute Gasteiger partial charge is 0.347 e. The van der Waals surface area contributed by atoms with Gasteiger partial charge < -0.3 is 5.32 Å². The molecule has 1 N–H and O–H groups in total. The minimum atomic E-state index is -0.203. The van der Waals surface area contributed by atoms with E-state index in [0.717, 1.165) is 61.5 Å². The van der Waals surface area contributed by atoms with E-state index in [1.807, 2.05) is 25.3 Å². The normalized spacial score (nSPS) is 22.3. The van der Waals surface area contributed by atoms with E-state index in [0.29, 0.717) is 17.4 Å². The predicted molar refractivity (Wildman–Crippen MR) is 119 cm³/mol. The fraction of sp³-hybridized carbons (Fsp3) is 0.423. The van der Waals surface area contributed by atoms with Gasteiger partial charge in [0.1, 0.15) is 5.82 Å². The Labute approximate surface area is 182 Å². The second-order valence-corrected chi connectivity index (χ2v) is 9.41. The van der Waals surface area contributed by atoms with Crippen molar-refractivity contribution in [3.63, 3.8) is 0 Å². The van der Waals surface area contributed by atoms with E-state index in [1.54, 1.807) is 18.3 Å². The van der Waals surface area contributed by atoms with Gasteiger partial charge in [0.2, 0.25) is 0 Å². The number of carbonyl (C=O) groups is 1. The molecule has 0 spiro atoms. The number of halogens is 1. The van der Waals surface area contributed by atoms with E-state index in [9.17, 15) is 9.18 Å². The highest BCUT2D eigenvalue weighted by Gasteiger charge is 2.46. The molecule has 5 heteroatoms. The topological polar surface area (TPSA) is 54.9 Å². The summed E-state index contributed by atoms with van der Waals surface area (Å²) in [6.07, 6.45) is 11.2. The van der Waals surface area contributed by atoms with Crippen LogP contribution >= 0.6 is 0 Å². The average Bonchev–Trinajstić information content (AvgIpc) is 3.53. The van der Waals surface area contributed by atoms with Crippen molar-refractivity contribution in [3.05, 3.63) is 71.4 Å². The van der Waals surface area contributed by atoms with Crippen LogP contribution < -0.4 is 5.32 Å². The first-order valence-corrected chi connectivity index (χ1v) is 11.3. The summed E-state index contributed by atoms with van der Waals surface area (Å²) in [5, 5.41) is 4.24. The zero-order valence-electron chi connectivity index (χ0n) is 17.9. The van der Waals surface area contributed by atoms with Crippen LogP contribution in [0.3, 0.4) is 0 Å². The SMILES string of the molecule is Cc1ccc(C(=O)NC2(CC3CCC(c4ccnc5ccc(F)cc45)CC3)CC2)cn1. The van der Waals surface area contributed by atoms with Crippen molar-refractivity contribution < 1.29 is 9.18 Å². The molecule has 0 radical (unpaired) electrons. The molecule has 1 aromatic carbocycles. The van der Waals surface area contributed by atoms with Gasteiger partial charge in [0, 0.05) is 29.0 Å². The van der Waals surface area contributed by atoms with E-state index >= 15 is 0 Å². The molecule has 160 valence electrons. The van der Waals surface area contributed by atoms with Crippen LogP contribution in [0.1, 0.15) is 72.5 Å². The first-order chi connectivity index (χ1) is 15.0. The van der Waals surface area contributed by atoms with Gasteiger partial charge in [-0.25, -0.2) is 4.39 Å². The second-order valence-electron chi connectivity index (χ2n) is 9.41. The highest BCUT2D eigenvalue weighted by atomic mass is 19.1. The van der Waals surface area contributed by atoms with Gasteiger partial charge in [0.25, 0.3) is 5.91 Å². The predicted octanol–water partition coefficient (Wildman–Crippen LogP) is 5.70. The summed E-state index contributed by atoms with van der Waals surface area (Å²) in [5.74, 6) is 0.863. The molecular formula is C26H28FN3O. The Morgan fingerprint density at radius 3 is 2.61 bits per heavy atom. The van der Waals surface area contributed by atoms with E-state index in [-0.39, 0.29) is 17.3 Å². The number of aryl methyl sites for hydroxylation is 1. The van der Waals surface area contributed by atoms with Crippen molar-refractivity contribution in [2.24, 2.45) is 5.92 Å². The third-order valence-corrected chi connectivity index (χ3v) is 7.11. The van der Waals surface area contributed by atoms with Gasteiger partial charge in [-0.3, -0.25) is 14.8 Å². The maximum atomic E-state index is 13.8. The Morgan fingerprint density at radius 2 is 1.90 bits per heavy atom. The van der Waals surface area contributed by atoms with Crippen molar-refractivity contribution in [2.75, 3.05) is 0 Å². The third-order valence-electron chi connectivity index (χ3n) is 7.11. The number of nitrogens with zero attached hydrogens (tertiary/aromatic N) is 2. The molecule has 0 bridgehead atoms. The molecule has 2 aliphatic rings. The molecular weight excluding hydrogens is 389 g/mol. The lowest BCUT2D eigenvalue weighted by molar-refractivity contribution is 0.0920. The third kappa shape index (κ3) is 4.32. The molecule has 0 saturated heterocycles. The lowest BCUT2D eigenvalue weighted by Gasteiger charge is -2.32. The fourth-order valence-corrected chi connectivity index (χ4v) is 5.17. The van der Waals surface area contributed by atoms with Gasteiger partial charge >= 0.3 is 0 Å². The number of pyridine rings is 2. The number of benzene rings is 1. The second kappa shape index (κ2) is 8.03. The first kappa shape index (κ1) is 20.1. The Kier molecular flexibility index (Phi) is 5.20. The lowest BCUT2D eigenvalue weighted by atomic mass is 9.75. The molecule has 2 aromatic heterocycles. The number of carbonyl (C=O) groups excluding carboxylic acids is 1. The molecule has 2 fully saturated rings. The maximum Gasteiger partial charge on any atom is 0.253 e. The molecule has 2 aliphatic carbocycles. The fourth-order valence-electron chi connectivity index (χ4n) is 5.17. The summed E-state index contributed by atoms with van der Waals surface area (Å²) in [5.41, 5.74) is 3.61. The summed E-state index contributed by atoms with van der Waals surface area (Å²) in [6, 6.07) is 10.7. The van der Waals surface area contributed by atoms with Gasteiger partial charge in [-0.2, -0.15) is 0 Å². The number of amides is 1. The van der Waals surface area contributed by atoms with Crippen LogP contribution in [0.25, 0.3) is 10.9 Å². The van der Waals surface area contributed by atoms with Gasteiger partial charge in [-0.15, -0.1) is 0 Å². The van der Waals surface area contributed by atoms with Crippen molar-refractivity contribution in [3.8, 4) is 0 Å². The molecule has 1 amide bonds. The van der Waals surface area contributed by atoms with Gasteiger partial charge in [-0.1, -0.05) is 0 Å². The van der Waals surface area contributed by atoms with Gasteiger partial charge in [0.15, 0.2) is 0 Å². The van der Waals surface area contributed by atoms with Crippen LogP contribution in [-0.2, 0) is 0 Å². The Bertz CT molecular complexity index is 1100. The molecule has 3 aromatic rings. The van der Waals surface area contributed by atoms with Crippen molar-refractivity contribution in [1.29, 1.82) is 0 Å². The minimum Gasteiger partial charge on any atom is -0.347 e. The molecule has 0 atom stereocenters. The summed E-state index contributed by atoms with van der Waals surface area (Å²) >= 11 is 0.